The van der Waals surface area contributed by atoms with Crippen molar-refractivity contribution in [2.45, 2.75) is 19.1 Å². The van der Waals surface area contributed by atoms with E-state index in [0.29, 0.717) is 0 Å². The number of nitrogens with zero attached hydrogens (tertiary/aromatic N) is 1. The van der Waals surface area contributed by atoms with E-state index in [1.54, 1.807) is 19.1 Å². The molecule has 8 nitrogen and oxygen atoms in total. The van der Waals surface area contributed by atoms with Crippen LogP contribution < -0.4 is 5.32 Å². The lowest BCUT2D eigenvalue weighted by Gasteiger charge is -2.46. The second-order valence-electron chi connectivity index (χ2n) is 5.13. The molecule has 1 aliphatic rings. The van der Waals surface area contributed by atoms with Gasteiger partial charge in [-0.25, -0.2) is 14.4 Å². The zero-order valence-electron chi connectivity index (χ0n) is 12.7. The first-order valence-corrected chi connectivity index (χ1v) is 7.11. The van der Waals surface area contributed by atoms with Gasteiger partial charge in [0, 0.05) is 0 Å². The Labute approximate surface area is 133 Å². The van der Waals surface area contributed by atoms with E-state index in [0.717, 1.165) is 10.5 Å². The molecule has 8 heteroatoms. The smallest absolute Gasteiger partial charge is 0.408 e. The summed E-state index contributed by atoms with van der Waals surface area (Å²) < 4.78 is 9.97. The van der Waals surface area contributed by atoms with Crippen LogP contribution in [0.25, 0.3) is 0 Å². The lowest BCUT2D eigenvalue weighted by molar-refractivity contribution is -0.157. The highest BCUT2D eigenvalue weighted by Gasteiger charge is 2.54. The van der Waals surface area contributed by atoms with Crippen molar-refractivity contribution in [2.75, 3.05) is 19.7 Å². The number of carbonyl (C=O) groups excluding carboxylic acids is 2. The van der Waals surface area contributed by atoms with Gasteiger partial charge in [-0.1, -0.05) is 30.3 Å². The average molecular weight is 322 g/mol. The van der Waals surface area contributed by atoms with Gasteiger partial charge < -0.3 is 24.8 Å². The van der Waals surface area contributed by atoms with Crippen LogP contribution in [-0.2, 0) is 20.9 Å². The van der Waals surface area contributed by atoms with E-state index in [1.165, 1.54) is 0 Å². The predicted molar refractivity (Wildman–Crippen MR) is 78.7 cm³/mol. The van der Waals surface area contributed by atoms with Gasteiger partial charge in [0.05, 0.1) is 19.7 Å². The Balaban J connectivity index is 1.94. The maximum Gasteiger partial charge on any atom is 0.408 e. The van der Waals surface area contributed by atoms with Crippen LogP contribution in [0.1, 0.15) is 12.5 Å². The SMILES string of the molecule is CCOC(=O)C1(NC(=O)OCc2ccccc2)CN(C(=O)O)C1. The molecular formula is C15H18N2O6. The predicted octanol–water partition coefficient (Wildman–Crippen LogP) is 1.21. The summed E-state index contributed by atoms with van der Waals surface area (Å²) in [7, 11) is 0. The molecule has 0 unspecified atom stereocenters. The van der Waals surface area contributed by atoms with Crippen LogP contribution in [0.4, 0.5) is 9.59 Å². The minimum absolute atomic E-state index is 0.0498. The van der Waals surface area contributed by atoms with E-state index in [1.807, 2.05) is 18.2 Å². The van der Waals surface area contributed by atoms with Crippen LogP contribution in [0.2, 0.25) is 0 Å². The van der Waals surface area contributed by atoms with Gasteiger partial charge in [0.25, 0.3) is 0 Å². The molecule has 1 aromatic carbocycles. The van der Waals surface area contributed by atoms with Crippen molar-refractivity contribution in [3.63, 3.8) is 0 Å². The number of nitrogens with one attached hydrogen (secondary N) is 1. The molecule has 124 valence electrons. The molecule has 0 atom stereocenters. The van der Waals surface area contributed by atoms with Crippen LogP contribution in [0, 0.1) is 0 Å². The highest BCUT2D eigenvalue weighted by molar-refractivity contribution is 5.89. The molecule has 0 radical (unpaired) electrons. The molecule has 0 bridgehead atoms. The largest absolute Gasteiger partial charge is 0.465 e. The third kappa shape index (κ3) is 3.91. The minimum Gasteiger partial charge on any atom is -0.465 e. The lowest BCUT2D eigenvalue weighted by Crippen LogP contribution is -2.75. The normalized spacial score (nSPS) is 15.3. The number of rotatable bonds is 5. The van der Waals surface area contributed by atoms with E-state index in [4.69, 9.17) is 14.6 Å². The molecule has 2 amide bonds. The highest BCUT2D eigenvalue weighted by atomic mass is 16.6. The van der Waals surface area contributed by atoms with E-state index < -0.39 is 23.7 Å². The number of likely N-dealkylation sites (tertiary alicyclic amines) is 1. The molecule has 0 aromatic heterocycles. The van der Waals surface area contributed by atoms with Crippen LogP contribution in [0.5, 0.6) is 0 Å². The number of esters is 1. The standard InChI is InChI=1S/C15H18N2O6/c1-2-22-12(18)15(9-17(10-15)14(20)21)16-13(19)23-8-11-6-4-3-5-7-11/h3-7H,2,8-10H2,1H3,(H,16,19)(H,20,21). The van der Waals surface area contributed by atoms with E-state index in [9.17, 15) is 14.4 Å². The number of carbonyl (C=O) groups is 3. The lowest BCUT2D eigenvalue weighted by atomic mass is 9.90. The van der Waals surface area contributed by atoms with Crippen molar-refractivity contribution < 1.29 is 29.0 Å². The maximum atomic E-state index is 12.0. The summed E-state index contributed by atoms with van der Waals surface area (Å²) in [4.78, 5) is 35.8. The van der Waals surface area contributed by atoms with Gasteiger partial charge >= 0.3 is 18.2 Å². The number of carboxylic acid groups (broad SMARTS) is 1. The Morgan fingerprint density at radius 2 is 1.87 bits per heavy atom. The second-order valence-corrected chi connectivity index (χ2v) is 5.13. The third-order valence-electron chi connectivity index (χ3n) is 3.41. The third-order valence-corrected chi connectivity index (χ3v) is 3.41. The fourth-order valence-corrected chi connectivity index (χ4v) is 2.22. The molecule has 0 aliphatic carbocycles. The summed E-state index contributed by atoms with van der Waals surface area (Å²) in [5, 5.41) is 11.3. The fourth-order valence-electron chi connectivity index (χ4n) is 2.22. The number of ether oxygens (including phenoxy) is 2. The fraction of sp³-hybridized carbons (Fsp3) is 0.400. The number of alkyl carbamates (subject to hydrolysis) is 1. The maximum absolute atomic E-state index is 12.0. The molecule has 1 aliphatic heterocycles. The van der Waals surface area contributed by atoms with Crippen molar-refractivity contribution >= 4 is 18.2 Å². The van der Waals surface area contributed by atoms with Gasteiger partial charge in [0.2, 0.25) is 0 Å². The Morgan fingerprint density at radius 3 is 2.43 bits per heavy atom. The molecule has 1 fully saturated rings. The second kappa shape index (κ2) is 6.99. The highest BCUT2D eigenvalue weighted by Crippen LogP contribution is 2.23. The van der Waals surface area contributed by atoms with Crippen LogP contribution >= 0.6 is 0 Å². The average Bonchev–Trinajstić information content (AvgIpc) is 2.49. The Kier molecular flexibility index (Phi) is 5.05. The number of hydrogen-bond acceptors (Lipinski definition) is 5. The summed E-state index contributed by atoms with van der Waals surface area (Å²) >= 11 is 0. The quantitative estimate of drug-likeness (QED) is 0.789. The van der Waals surface area contributed by atoms with Crippen molar-refractivity contribution in [1.29, 1.82) is 0 Å². The topological polar surface area (TPSA) is 105 Å². The number of benzene rings is 1. The van der Waals surface area contributed by atoms with Crippen LogP contribution in [0.15, 0.2) is 30.3 Å². The van der Waals surface area contributed by atoms with Gasteiger partial charge in [-0.3, -0.25) is 0 Å². The van der Waals surface area contributed by atoms with Gasteiger partial charge in [-0.2, -0.15) is 0 Å². The van der Waals surface area contributed by atoms with E-state index in [-0.39, 0.29) is 26.3 Å². The number of hydrogen-bond donors (Lipinski definition) is 2. The minimum atomic E-state index is -1.39. The van der Waals surface area contributed by atoms with E-state index in [2.05, 4.69) is 5.32 Å². The van der Waals surface area contributed by atoms with Crippen molar-refractivity contribution in [1.82, 2.24) is 10.2 Å². The molecule has 2 rings (SSSR count). The number of amides is 2. The van der Waals surface area contributed by atoms with Gasteiger partial charge in [-0.15, -0.1) is 0 Å². The summed E-state index contributed by atoms with van der Waals surface area (Å²) in [6, 6.07) is 9.06. The molecule has 2 N–H and O–H groups in total. The Bertz CT molecular complexity index is 583. The first-order valence-electron chi connectivity index (χ1n) is 7.11. The molecule has 0 spiro atoms. The van der Waals surface area contributed by atoms with Crippen LogP contribution in [-0.4, -0.2) is 53.4 Å². The first-order chi connectivity index (χ1) is 11.0. The molecular weight excluding hydrogens is 304 g/mol. The molecule has 0 saturated carbocycles. The van der Waals surface area contributed by atoms with Crippen LogP contribution in [0.3, 0.4) is 0 Å². The molecule has 1 heterocycles. The molecule has 1 aromatic rings. The van der Waals surface area contributed by atoms with E-state index >= 15 is 0 Å². The summed E-state index contributed by atoms with van der Waals surface area (Å²) in [6.07, 6.45) is -1.96. The van der Waals surface area contributed by atoms with Gasteiger partial charge in [0.1, 0.15) is 6.61 Å². The van der Waals surface area contributed by atoms with Crippen molar-refractivity contribution in [3.8, 4) is 0 Å². The summed E-state index contributed by atoms with van der Waals surface area (Å²) in [5.74, 6) is -0.672. The van der Waals surface area contributed by atoms with Crippen molar-refractivity contribution in [3.05, 3.63) is 35.9 Å². The van der Waals surface area contributed by atoms with Gasteiger partial charge in [-0.05, 0) is 12.5 Å². The Morgan fingerprint density at radius 1 is 1.22 bits per heavy atom. The van der Waals surface area contributed by atoms with Crippen molar-refractivity contribution in [2.24, 2.45) is 0 Å². The van der Waals surface area contributed by atoms with Gasteiger partial charge in [0.15, 0.2) is 5.54 Å². The monoisotopic (exact) mass is 322 g/mol. The summed E-state index contributed by atoms with van der Waals surface area (Å²) in [6.45, 7) is 1.48. The molecule has 23 heavy (non-hydrogen) atoms. The zero-order chi connectivity index (χ0) is 16.9. The molecule has 1 saturated heterocycles. The first kappa shape index (κ1) is 16.6. The summed E-state index contributed by atoms with van der Waals surface area (Å²) in [5.41, 5.74) is -0.587. The zero-order valence-corrected chi connectivity index (χ0v) is 12.7. The Hall–Kier alpha value is -2.77.